The van der Waals surface area contributed by atoms with Crippen LogP contribution in [0, 0.1) is 0 Å². The lowest BCUT2D eigenvalue weighted by atomic mass is 9.87. The maximum absolute atomic E-state index is 13.2. The van der Waals surface area contributed by atoms with E-state index in [0.29, 0.717) is 21.4 Å². The number of nitrogens with one attached hydrogen (secondary N) is 1. The van der Waals surface area contributed by atoms with Crippen LogP contribution in [0.2, 0.25) is 10.0 Å². The van der Waals surface area contributed by atoms with Crippen molar-refractivity contribution < 1.29 is 14.3 Å². The Hall–Kier alpha value is -1.76. The van der Waals surface area contributed by atoms with Crippen LogP contribution in [0.25, 0.3) is 0 Å². The quantitative estimate of drug-likeness (QED) is 0.410. The number of ether oxygens (including phenoxy) is 1. The van der Waals surface area contributed by atoms with E-state index in [1.54, 1.807) is 25.1 Å². The van der Waals surface area contributed by atoms with E-state index in [9.17, 15) is 9.59 Å². The monoisotopic (exact) mass is 556 g/mol. The van der Waals surface area contributed by atoms with Crippen molar-refractivity contribution in [2.75, 3.05) is 6.61 Å². The lowest BCUT2D eigenvalue weighted by molar-refractivity contribution is -0.142. The number of carbonyl (C=O) groups excluding carboxylic acids is 2. The second-order valence-corrected chi connectivity index (χ2v) is 10.9. The molecule has 1 N–H and O–H groups in total. The van der Waals surface area contributed by atoms with Gasteiger partial charge in [0.1, 0.15) is 11.8 Å². The minimum Gasteiger partial charge on any atom is -0.483 e. The molecule has 33 heavy (non-hydrogen) atoms. The van der Waals surface area contributed by atoms with E-state index in [2.05, 4.69) is 42.0 Å². The summed E-state index contributed by atoms with van der Waals surface area (Å²) < 4.78 is 6.58. The Morgan fingerprint density at radius 2 is 1.70 bits per heavy atom. The number of carbonyl (C=O) groups is 2. The molecule has 0 aromatic heterocycles. The van der Waals surface area contributed by atoms with Gasteiger partial charge in [-0.25, -0.2) is 0 Å². The number of hydrogen-bond donors (Lipinski definition) is 1. The first-order chi connectivity index (χ1) is 15.3. The smallest absolute Gasteiger partial charge is 0.261 e. The van der Waals surface area contributed by atoms with Crippen molar-refractivity contribution >= 4 is 50.9 Å². The van der Waals surface area contributed by atoms with Gasteiger partial charge in [0.05, 0.1) is 4.47 Å². The summed E-state index contributed by atoms with van der Waals surface area (Å²) in [4.78, 5) is 27.4. The van der Waals surface area contributed by atoms with E-state index in [1.807, 2.05) is 32.0 Å². The first-order valence-corrected chi connectivity index (χ1v) is 12.3. The molecular formula is C25H31BrCl2N2O3. The molecule has 2 amide bonds. The Kier molecular flexibility index (Phi) is 9.65. The van der Waals surface area contributed by atoms with Crippen molar-refractivity contribution in [2.45, 2.75) is 65.6 Å². The highest BCUT2D eigenvalue weighted by atomic mass is 79.9. The van der Waals surface area contributed by atoms with Crippen molar-refractivity contribution in [2.24, 2.45) is 0 Å². The zero-order valence-corrected chi connectivity index (χ0v) is 22.9. The van der Waals surface area contributed by atoms with E-state index in [1.165, 1.54) is 4.90 Å². The molecule has 0 aliphatic rings. The van der Waals surface area contributed by atoms with Crippen molar-refractivity contribution in [1.82, 2.24) is 10.2 Å². The van der Waals surface area contributed by atoms with Crippen LogP contribution in [0.4, 0.5) is 0 Å². The molecule has 2 aromatic rings. The maximum Gasteiger partial charge on any atom is 0.261 e. The van der Waals surface area contributed by atoms with E-state index in [0.717, 1.165) is 10.0 Å². The van der Waals surface area contributed by atoms with Gasteiger partial charge in [0.15, 0.2) is 6.61 Å². The van der Waals surface area contributed by atoms with E-state index >= 15 is 0 Å². The highest BCUT2D eigenvalue weighted by molar-refractivity contribution is 9.10. The molecule has 0 fully saturated rings. The zero-order chi connectivity index (χ0) is 24.9. The molecule has 5 nitrogen and oxygen atoms in total. The molecule has 0 aliphatic carbocycles. The molecule has 1 unspecified atom stereocenters. The van der Waals surface area contributed by atoms with Crippen LogP contribution in [0.1, 0.15) is 52.7 Å². The summed E-state index contributed by atoms with van der Waals surface area (Å²) in [6.07, 6.45) is 0. The van der Waals surface area contributed by atoms with Crippen molar-refractivity contribution in [3.05, 3.63) is 62.0 Å². The first-order valence-electron chi connectivity index (χ1n) is 10.8. The second kappa shape index (κ2) is 11.6. The molecule has 0 aliphatic heterocycles. The van der Waals surface area contributed by atoms with Gasteiger partial charge in [0.25, 0.3) is 5.91 Å². The lowest BCUT2D eigenvalue weighted by Gasteiger charge is -2.30. The average molecular weight is 558 g/mol. The molecule has 1 atom stereocenters. The van der Waals surface area contributed by atoms with Gasteiger partial charge in [-0.05, 0) is 71.9 Å². The number of rotatable bonds is 8. The summed E-state index contributed by atoms with van der Waals surface area (Å²) in [7, 11) is 0. The molecule has 0 saturated heterocycles. The van der Waals surface area contributed by atoms with Crippen molar-refractivity contribution in [1.29, 1.82) is 0 Å². The molecule has 2 aromatic carbocycles. The van der Waals surface area contributed by atoms with Crippen molar-refractivity contribution in [3.8, 4) is 5.75 Å². The highest BCUT2D eigenvalue weighted by Crippen LogP contribution is 2.32. The van der Waals surface area contributed by atoms with Crippen LogP contribution in [0.15, 0.2) is 40.9 Å². The fourth-order valence-electron chi connectivity index (χ4n) is 3.15. The van der Waals surface area contributed by atoms with Gasteiger partial charge in [-0.2, -0.15) is 0 Å². The predicted molar refractivity (Wildman–Crippen MR) is 138 cm³/mol. The third kappa shape index (κ3) is 7.62. The number of hydrogen-bond acceptors (Lipinski definition) is 3. The van der Waals surface area contributed by atoms with Gasteiger partial charge >= 0.3 is 0 Å². The van der Waals surface area contributed by atoms with Gasteiger partial charge in [0.2, 0.25) is 5.91 Å². The molecule has 0 radical (unpaired) electrons. The first kappa shape index (κ1) is 27.5. The van der Waals surface area contributed by atoms with Crippen LogP contribution in [0.3, 0.4) is 0 Å². The summed E-state index contributed by atoms with van der Waals surface area (Å²) in [6.45, 7) is 11.6. The van der Waals surface area contributed by atoms with Crippen LogP contribution in [-0.2, 0) is 21.5 Å². The Morgan fingerprint density at radius 1 is 1.09 bits per heavy atom. The van der Waals surface area contributed by atoms with Gasteiger partial charge in [-0.15, -0.1) is 0 Å². The fraction of sp³-hybridized carbons (Fsp3) is 0.440. The van der Waals surface area contributed by atoms with Crippen molar-refractivity contribution in [3.63, 3.8) is 0 Å². The summed E-state index contributed by atoms with van der Waals surface area (Å²) in [5, 5.41) is 3.71. The SMILES string of the molecule is CC(C)NC(=O)C(C)N(Cc1c(Cl)cccc1Cl)C(=O)COc1ccc(C(C)(C)C)cc1Br. The molecule has 0 spiro atoms. The molecular weight excluding hydrogens is 527 g/mol. The minimum absolute atomic E-state index is 0.0128. The van der Waals surface area contributed by atoms with Gasteiger partial charge < -0.3 is 15.0 Å². The summed E-state index contributed by atoms with van der Waals surface area (Å²) in [5.74, 6) is -0.0761. The van der Waals surface area contributed by atoms with E-state index in [4.69, 9.17) is 27.9 Å². The standard InChI is InChI=1S/C25H31BrCl2N2O3/c1-15(2)29-24(32)16(3)30(13-18-20(27)8-7-9-21(18)28)23(31)14-33-22-11-10-17(12-19(22)26)25(4,5)6/h7-12,15-16H,13-14H2,1-6H3,(H,29,32). The average Bonchev–Trinajstić information content (AvgIpc) is 2.70. The third-order valence-electron chi connectivity index (χ3n) is 5.14. The zero-order valence-electron chi connectivity index (χ0n) is 19.8. The Bertz CT molecular complexity index is 985. The number of benzene rings is 2. The molecule has 2 rings (SSSR count). The van der Waals surface area contributed by atoms with Crippen LogP contribution in [0.5, 0.6) is 5.75 Å². The molecule has 180 valence electrons. The maximum atomic E-state index is 13.2. The van der Waals surface area contributed by atoms with Gasteiger partial charge in [-0.3, -0.25) is 9.59 Å². The largest absolute Gasteiger partial charge is 0.483 e. The molecule has 0 bridgehead atoms. The predicted octanol–water partition coefficient (Wildman–Crippen LogP) is 6.37. The van der Waals surface area contributed by atoms with Crippen LogP contribution < -0.4 is 10.1 Å². The number of amides is 2. The fourth-order valence-corrected chi connectivity index (χ4v) is 4.16. The van der Waals surface area contributed by atoms with Gasteiger partial charge in [-0.1, -0.05) is 56.1 Å². The Labute approximate surface area is 214 Å². The summed E-state index contributed by atoms with van der Waals surface area (Å²) in [6, 6.07) is 10.1. The molecule has 0 saturated carbocycles. The van der Waals surface area contributed by atoms with E-state index < -0.39 is 6.04 Å². The van der Waals surface area contributed by atoms with Crippen LogP contribution >= 0.6 is 39.1 Å². The normalized spacial score (nSPS) is 12.4. The summed E-state index contributed by atoms with van der Waals surface area (Å²) in [5.41, 5.74) is 1.71. The third-order valence-corrected chi connectivity index (χ3v) is 6.47. The second-order valence-electron chi connectivity index (χ2n) is 9.24. The summed E-state index contributed by atoms with van der Waals surface area (Å²) >= 11 is 16.2. The Morgan fingerprint density at radius 3 is 2.21 bits per heavy atom. The highest BCUT2D eigenvalue weighted by Gasteiger charge is 2.28. The topological polar surface area (TPSA) is 58.6 Å². The van der Waals surface area contributed by atoms with E-state index in [-0.39, 0.29) is 36.4 Å². The number of halogens is 3. The van der Waals surface area contributed by atoms with Gasteiger partial charge in [0, 0.05) is 28.2 Å². The van der Waals surface area contributed by atoms with Crippen LogP contribution in [-0.4, -0.2) is 35.4 Å². The number of nitrogens with zero attached hydrogens (tertiary/aromatic N) is 1. The molecule has 8 heteroatoms. The molecule has 0 heterocycles. The minimum atomic E-state index is -0.748. The lowest BCUT2D eigenvalue weighted by Crippen LogP contribution is -2.50. The Balaban J connectivity index is 2.25.